The number of benzene rings is 2. The molecule has 0 radical (unpaired) electrons. The number of aromatic carboxylic acids is 1. The first-order valence-electron chi connectivity index (χ1n) is 6.52. The molecule has 22 heavy (non-hydrogen) atoms. The highest BCUT2D eigenvalue weighted by molar-refractivity contribution is 6.35. The molecule has 0 saturated heterocycles. The van der Waals surface area contributed by atoms with E-state index < -0.39 is 5.97 Å². The number of hydrogen-bond acceptors (Lipinski definition) is 2. The second-order valence-corrected chi connectivity index (χ2v) is 5.54. The van der Waals surface area contributed by atoms with Gasteiger partial charge in [0.1, 0.15) is 0 Å². The minimum Gasteiger partial charge on any atom is -0.478 e. The molecular weight excluding hydrogens is 325 g/mol. The van der Waals surface area contributed by atoms with Crippen molar-refractivity contribution in [3.8, 4) is 0 Å². The van der Waals surface area contributed by atoms with Crippen LogP contribution in [0.15, 0.2) is 42.5 Å². The van der Waals surface area contributed by atoms with Crippen LogP contribution in [0.2, 0.25) is 10.0 Å². The fourth-order valence-corrected chi connectivity index (χ4v) is 2.45. The van der Waals surface area contributed by atoms with Crippen LogP contribution in [0.3, 0.4) is 0 Å². The van der Waals surface area contributed by atoms with Crippen molar-refractivity contribution in [1.29, 1.82) is 0 Å². The third-order valence-electron chi connectivity index (χ3n) is 3.02. The minimum absolute atomic E-state index is 0.237. The Morgan fingerprint density at radius 1 is 0.955 bits per heavy atom. The van der Waals surface area contributed by atoms with Crippen molar-refractivity contribution < 1.29 is 14.7 Å². The summed E-state index contributed by atoms with van der Waals surface area (Å²) in [5.41, 5.74) is 1.58. The molecule has 0 heterocycles. The van der Waals surface area contributed by atoms with Crippen molar-refractivity contribution in [3.05, 3.63) is 69.2 Å². The van der Waals surface area contributed by atoms with Crippen molar-refractivity contribution in [2.45, 2.75) is 6.42 Å². The molecule has 0 spiro atoms. The molecule has 2 rings (SSSR count). The topological polar surface area (TPSA) is 66.4 Å². The lowest BCUT2D eigenvalue weighted by Crippen LogP contribution is -2.25. The van der Waals surface area contributed by atoms with Crippen LogP contribution in [0, 0.1) is 0 Å². The third kappa shape index (κ3) is 4.48. The van der Waals surface area contributed by atoms with Crippen molar-refractivity contribution in [2.75, 3.05) is 6.54 Å². The average Bonchev–Trinajstić information content (AvgIpc) is 2.46. The van der Waals surface area contributed by atoms with E-state index in [0.29, 0.717) is 28.6 Å². The van der Waals surface area contributed by atoms with E-state index in [1.165, 1.54) is 12.1 Å². The van der Waals surface area contributed by atoms with Crippen LogP contribution in [0.4, 0.5) is 0 Å². The number of carbonyl (C=O) groups excluding carboxylic acids is 1. The predicted octanol–water partition coefficient (Wildman–Crippen LogP) is 3.66. The molecular formula is C16H13Cl2NO3. The summed E-state index contributed by atoms with van der Waals surface area (Å²) < 4.78 is 0. The van der Waals surface area contributed by atoms with Crippen LogP contribution < -0.4 is 5.32 Å². The monoisotopic (exact) mass is 337 g/mol. The zero-order chi connectivity index (χ0) is 16.1. The Kier molecular flexibility index (Phi) is 5.41. The van der Waals surface area contributed by atoms with Crippen LogP contribution in [0.1, 0.15) is 26.3 Å². The quantitative estimate of drug-likeness (QED) is 0.874. The SMILES string of the molecule is O=C(O)c1ccc(CCNC(=O)c2cc(Cl)cc(Cl)c2)cc1. The van der Waals surface area contributed by atoms with Crippen molar-refractivity contribution in [3.63, 3.8) is 0 Å². The van der Waals surface area contributed by atoms with Gasteiger partial charge >= 0.3 is 5.97 Å². The van der Waals surface area contributed by atoms with Crippen molar-refractivity contribution in [2.24, 2.45) is 0 Å². The summed E-state index contributed by atoms with van der Waals surface area (Å²) in [4.78, 5) is 22.7. The van der Waals surface area contributed by atoms with Gasteiger partial charge < -0.3 is 10.4 Å². The molecule has 0 unspecified atom stereocenters. The number of carboxylic acids is 1. The second-order valence-electron chi connectivity index (χ2n) is 4.67. The lowest BCUT2D eigenvalue weighted by atomic mass is 10.1. The number of amides is 1. The maximum Gasteiger partial charge on any atom is 0.335 e. The fraction of sp³-hybridized carbons (Fsp3) is 0.125. The van der Waals surface area contributed by atoms with Crippen LogP contribution in [-0.4, -0.2) is 23.5 Å². The molecule has 2 N–H and O–H groups in total. The van der Waals surface area contributed by atoms with E-state index in [1.807, 2.05) is 0 Å². The van der Waals surface area contributed by atoms with Gasteiger partial charge in [0.2, 0.25) is 0 Å². The third-order valence-corrected chi connectivity index (χ3v) is 3.46. The van der Waals surface area contributed by atoms with Crippen LogP contribution >= 0.6 is 23.2 Å². The molecule has 0 aliphatic carbocycles. The molecule has 0 bridgehead atoms. The van der Waals surface area contributed by atoms with Crippen LogP contribution in [0.25, 0.3) is 0 Å². The molecule has 2 aromatic carbocycles. The number of carbonyl (C=O) groups is 2. The molecule has 0 aliphatic rings. The van der Waals surface area contributed by atoms with Crippen LogP contribution in [-0.2, 0) is 6.42 Å². The average molecular weight is 338 g/mol. The van der Waals surface area contributed by atoms with E-state index in [2.05, 4.69) is 5.32 Å². The standard InChI is InChI=1S/C16H13Cl2NO3/c17-13-7-12(8-14(18)9-13)15(20)19-6-5-10-1-3-11(4-2-10)16(21)22/h1-4,7-9H,5-6H2,(H,19,20)(H,21,22). The first-order valence-corrected chi connectivity index (χ1v) is 7.28. The Labute approximate surface area is 137 Å². The van der Waals surface area contributed by atoms with Crippen molar-refractivity contribution in [1.82, 2.24) is 5.32 Å². The minimum atomic E-state index is -0.960. The van der Waals surface area contributed by atoms with E-state index in [1.54, 1.807) is 30.3 Å². The maximum absolute atomic E-state index is 12.0. The Bertz CT molecular complexity index is 679. The van der Waals surface area contributed by atoms with E-state index in [0.717, 1.165) is 5.56 Å². The van der Waals surface area contributed by atoms with Crippen LogP contribution in [0.5, 0.6) is 0 Å². The molecule has 0 aliphatic heterocycles. The van der Waals surface area contributed by atoms with Gasteiger partial charge in [0.05, 0.1) is 5.56 Å². The first-order chi connectivity index (χ1) is 10.5. The smallest absolute Gasteiger partial charge is 0.335 e. The molecule has 0 aromatic heterocycles. The van der Waals surface area contributed by atoms with Gasteiger partial charge in [-0.25, -0.2) is 4.79 Å². The molecule has 2 aromatic rings. The number of rotatable bonds is 5. The zero-order valence-electron chi connectivity index (χ0n) is 11.5. The summed E-state index contributed by atoms with van der Waals surface area (Å²) in [6.45, 7) is 0.426. The zero-order valence-corrected chi connectivity index (χ0v) is 13.0. The lowest BCUT2D eigenvalue weighted by Gasteiger charge is -2.07. The van der Waals surface area contributed by atoms with Gasteiger partial charge in [-0.05, 0) is 42.3 Å². The molecule has 1 amide bonds. The summed E-state index contributed by atoms with van der Waals surface area (Å²) in [6.07, 6.45) is 0.597. The Morgan fingerprint density at radius 3 is 2.09 bits per heavy atom. The number of carboxylic acid groups (broad SMARTS) is 1. The highest BCUT2D eigenvalue weighted by Gasteiger charge is 2.07. The Hall–Kier alpha value is -2.04. The molecule has 114 valence electrons. The number of nitrogens with one attached hydrogen (secondary N) is 1. The largest absolute Gasteiger partial charge is 0.478 e. The van der Waals surface area contributed by atoms with Gasteiger partial charge in [-0.3, -0.25) is 4.79 Å². The molecule has 0 saturated carbocycles. The summed E-state index contributed by atoms with van der Waals surface area (Å²) in [5, 5.41) is 12.4. The van der Waals surface area contributed by atoms with Gasteiger partial charge in [0.25, 0.3) is 5.91 Å². The normalized spacial score (nSPS) is 10.3. The van der Waals surface area contributed by atoms with E-state index in [-0.39, 0.29) is 11.5 Å². The molecule has 6 heteroatoms. The summed E-state index contributed by atoms with van der Waals surface area (Å²) in [6, 6.07) is 11.2. The van der Waals surface area contributed by atoms with E-state index in [4.69, 9.17) is 28.3 Å². The first kappa shape index (κ1) is 16.3. The van der Waals surface area contributed by atoms with E-state index >= 15 is 0 Å². The van der Waals surface area contributed by atoms with Crippen molar-refractivity contribution >= 4 is 35.1 Å². The fourth-order valence-electron chi connectivity index (χ4n) is 1.92. The van der Waals surface area contributed by atoms with Gasteiger partial charge in [-0.1, -0.05) is 35.3 Å². The Morgan fingerprint density at radius 2 is 1.55 bits per heavy atom. The lowest BCUT2D eigenvalue weighted by molar-refractivity contribution is 0.0696. The molecule has 0 atom stereocenters. The molecule has 0 fully saturated rings. The van der Waals surface area contributed by atoms with E-state index in [9.17, 15) is 9.59 Å². The second kappa shape index (κ2) is 7.29. The highest BCUT2D eigenvalue weighted by atomic mass is 35.5. The van der Waals surface area contributed by atoms with Gasteiger partial charge in [0, 0.05) is 22.2 Å². The summed E-state index contributed by atoms with van der Waals surface area (Å²) in [7, 11) is 0. The Balaban J connectivity index is 1.90. The van der Waals surface area contributed by atoms with Gasteiger partial charge in [-0.15, -0.1) is 0 Å². The van der Waals surface area contributed by atoms with Gasteiger partial charge in [0.15, 0.2) is 0 Å². The summed E-state index contributed by atoms with van der Waals surface area (Å²) in [5.74, 6) is -1.22. The maximum atomic E-state index is 12.0. The number of halogens is 2. The summed E-state index contributed by atoms with van der Waals surface area (Å²) >= 11 is 11.7. The molecule has 4 nitrogen and oxygen atoms in total. The predicted molar refractivity (Wildman–Crippen MR) is 85.9 cm³/mol. The van der Waals surface area contributed by atoms with Gasteiger partial charge in [-0.2, -0.15) is 0 Å². The number of hydrogen-bond donors (Lipinski definition) is 2. The highest BCUT2D eigenvalue weighted by Crippen LogP contribution is 2.18.